The Bertz CT molecular complexity index is 2930. The standard InChI is InChI=1S/C31H43N5O2.C30H40N6O2/c1-5-6-22(4)33-31-32-18-27-28(19-36(29(27)34-31)25-7-9-26(37)10-8-25)23-11-13-35(14-12-23)30(38)24-16-20(2)15-21(3)17-24;1-19-15-23(16-20(2)33-19)29(38)35-13-10-22(11-14-35)27-18-36(24-5-7-25(37)8-6-24)28-26(27)17-32-30(34-28)31-12-9-21-3-4-21/h15-19,22-23,25-26,37H,5-14H2,1-4H3,(H,32,33,34);15-18,21-22,24-25,37H,3-14H2,1-2H3,(H,31,32,34)/t22-,25?,26?;/m0./s1. The maximum Gasteiger partial charge on any atom is 0.253 e. The van der Waals surface area contributed by atoms with Crippen molar-refractivity contribution in [1.82, 2.24) is 43.9 Å². The van der Waals surface area contributed by atoms with Crippen LogP contribution in [-0.4, -0.2) is 117 Å². The Hall–Kier alpha value is -5.93. The van der Waals surface area contributed by atoms with Crippen molar-refractivity contribution in [3.05, 3.63) is 99.9 Å². The molecule has 7 heterocycles. The van der Waals surface area contributed by atoms with Crippen LogP contribution in [0.1, 0.15) is 201 Å². The first kappa shape index (κ1) is 53.5. The number of anilines is 2. The van der Waals surface area contributed by atoms with Gasteiger partial charge in [0.05, 0.1) is 12.2 Å². The van der Waals surface area contributed by atoms with Gasteiger partial charge in [-0.1, -0.05) is 43.4 Å². The molecule has 0 radical (unpaired) electrons. The van der Waals surface area contributed by atoms with Crippen molar-refractivity contribution in [3.8, 4) is 0 Å². The third kappa shape index (κ3) is 12.6. The Morgan fingerprint density at radius 2 is 1.07 bits per heavy atom. The normalized spacial score (nSPS) is 22.1. The van der Waals surface area contributed by atoms with E-state index >= 15 is 0 Å². The summed E-state index contributed by atoms with van der Waals surface area (Å²) in [5.74, 6) is 3.26. The Kier molecular flexibility index (Phi) is 16.7. The number of carbonyl (C=O) groups is 2. The zero-order valence-corrected chi connectivity index (χ0v) is 46.1. The molecule has 2 amide bonds. The van der Waals surface area contributed by atoms with Crippen LogP contribution in [-0.2, 0) is 0 Å². The number of nitrogens with zero attached hydrogens (tertiary/aromatic N) is 9. The van der Waals surface area contributed by atoms with Crippen molar-refractivity contribution < 1.29 is 19.8 Å². The van der Waals surface area contributed by atoms with Gasteiger partial charge in [-0.15, -0.1) is 0 Å². The molecule has 5 aliphatic rings. The average Bonchev–Trinajstić information content (AvgIpc) is 4.06. The molecule has 5 fully saturated rings. The summed E-state index contributed by atoms with van der Waals surface area (Å²) in [4.78, 5) is 54.3. The maximum atomic E-state index is 13.2. The molecule has 15 nitrogen and oxygen atoms in total. The number of hydrogen-bond acceptors (Lipinski definition) is 11. The predicted molar refractivity (Wildman–Crippen MR) is 301 cm³/mol. The fraction of sp³-hybridized carbons (Fsp3) is 0.590. The summed E-state index contributed by atoms with van der Waals surface area (Å²) in [5.41, 5.74) is 10.2. The van der Waals surface area contributed by atoms with Crippen molar-refractivity contribution in [2.24, 2.45) is 5.92 Å². The number of fused-ring (bicyclic) bond motifs is 2. The minimum Gasteiger partial charge on any atom is -0.393 e. The predicted octanol–water partition coefficient (Wildman–Crippen LogP) is 11.3. The van der Waals surface area contributed by atoms with Crippen LogP contribution in [0.3, 0.4) is 0 Å². The van der Waals surface area contributed by atoms with E-state index in [1.54, 1.807) is 0 Å². The van der Waals surface area contributed by atoms with Crippen LogP contribution in [0.5, 0.6) is 0 Å². The van der Waals surface area contributed by atoms with E-state index < -0.39 is 0 Å². The molecule has 0 bridgehead atoms. The number of hydrogen-bond donors (Lipinski definition) is 4. The zero-order valence-electron chi connectivity index (χ0n) is 46.1. The average molecular weight is 1030 g/mol. The number of amides is 2. The first-order chi connectivity index (χ1) is 36.8. The molecule has 0 spiro atoms. The summed E-state index contributed by atoms with van der Waals surface area (Å²) in [6, 6.07) is 10.9. The number of aliphatic hydroxyl groups excluding tert-OH is 2. The molecule has 406 valence electrons. The lowest BCUT2D eigenvalue weighted by Gasteiger charge is -2.32. The number of likely N-dealkylation sites (tertiary alicyclic amines) is 2. The van der Waals surface area contributed by atoms with Gasteiger partial charge < -0.3 is 39.8 Å². The van der Waals surface area contributed by atoms with Crippen LogP contribution in [0.2, 0.25) is 0 Å². The summed E-state index contributed by atoms with van der Waals surface area (Å²) < 4.78 is 4.73. The summed E-state index contributed by atoms with van der Waals surface area (Å²) >= 11 is 0. The second kappa shape index (κ2) is 23.8. The van der Waals surface area contributed by atoms with Gasteiger partial charge in [0.2, 0.25) is 11.9 Å². The molecule has 5 aromatic heterocycles. The van der Waals surface area contributed by atoms with E-state index in [-0.39, 0.29) is 24.0 Å². The van der Waals surface area contributed by atoms with E-state index in [0.29, 0.717) is 41.9 Å². The SMILES string of the molecule is CCC[C@H](C)Nc1ncc2c(C3CCN(C(=O)c4cc(C)cc(C)c4)CC3)cn(C3CCC(O)CC3)c2n1.Cc1cc(C(=O)N2CCC(c3cn(C4CCC(O)CC4)c4nc(NCCC5CC5)ncc34)CC2)cc(C)n1. The monoisotopic (exact) mass is 1030 g/mol. The number of aliphatic hydroxyl groups is 2. The zero-order chi connectivity index (χ0) is 53.0. The van der Waals surface area contributed by atoms with E-state index in [4.69, 9.17) is 19.9 Å². The molecule has 6 aromatic rings. The number of pyridine rings is 1. The smallest absolute Gasteiger partial charge is 0.253 e. The fourth-order valence-electron chi connectivity index (χ4n) is 12.9. The van der Waals surface area contributed by atoms with Gasteiger partial charge in [0.1, 0.15) is 11.3 Å². The van der Waals surface area contributed by atoms with Crippen LogP contribution in [0.15, 0.2) is 55.1 Å². The number of benzene rings is 1. The van der Waals surface area contributed by atoms with Gasteiger partial charge in [-0.25, -0.2) is 9.97 Å². The summed E-state index contributed by atoms with van der Waals surface area (Å²) in [6.07, 6.45) is 25.3. The van der Waals surface area contributed by atoms with Crippen molar-refractivity contribution in [3.63, 3.8) is 0 Å². The van der Waals surface area contributed by atoms with Gasteiger partial charge in [-0.3, -0.25) is 14.6 Å². The fourth-order valence-corrected chi connectivity index (χ4v) is 12.9. The van der Waals surface area contributed by atoms with Crippen LogP contribution in [0.25, 0.3) is 22.1 Å². The molecule has 15 heteroatoms. The molecule has 3 aliphatic carbocycles. The van der Waals surface area contributed by atoms with Gasteiger partial charge >= 0.3 is 0 Å². The van der Waals surface area contributed by atoms with E-state index in [0.717, 1.165) is 184 Å². The molecular formula is C61H83N11O4. The second-order valence-electron chi connectivity index (χ2n) is 23.4. The molecule has 11 rings (SSSR count). The highest BCUT2D eigenvalue weighted by atomic mass is 16.3. The van der Waals surface area contributed by atoms with Crippen molar-refractivity contribution in [2.75, 3.05) is 43.4 Å². The summed E-state index contributed by atoms with van der Waals surface area (Å²) in [7, 11) is 0. The molecule has 1 aromatic carbocycles. The number of aromatic nitrogens is 7. The molecule has 1 atom stereocenters. The van der Waals surface area contributed by atoms with Crippen LogP contribution >= 0.6 is 0 Å². The highest BCUT2D eigenvalue weighted by Gasteiger charge is 2.32. The molecule has 2 saturated heterocycles. The highest BCUT2D eigenvalue weighted by molar-refractivity contribution is 5.95. The van der Waals surface area contributed by atoms with Crippen molar-refractivity contribution in [2.45, 2.75) is 193 Å². The molecule has 3 saturated carbocycles. The molecule has 2 aliphatic heterocycles. The van der Waals surface area contributed by atoms with Crippen LogP contribution in [0, 0.1) is 33.6 Å². The Morgan fingerprint density at radius 1 is 0.605 bits per heavy atom. The minimum absolute atomic E-state index is 0.102. The third-order valence-corrected chi connectivity index (χ3v) is 17.2. The lowest BCUT2D eigenvalue weighted by Crippen LogP contribution is -2.38. The number of carbonyl (C=O) groups excluding carboxylic acids is 2. The van der Waals surface area contributed by atoms with Crippen molar-refractivity contribution in [1.29, 1.82) is 0 Å². The Morgan fingerprint density at radius 3 is 1.54 bits per heavy atom. The molecular weight excluding hydrogens is 951 g/mol. The lowest BCUT2D eigenvalue weighted by molar-refractivity contribution is 0.0705. The van der Waals surface area contributed by atoms with E-state index in [1.165, 1.54) is 30.4 Å². The maximum absolute atomic E-state index is 13.2. The third-order valence-electron chi connectivity index (χ3n) is 17.2. The topological polar surface area (TPSA) is 179 Å². The van der Waals surface area contributed by atoms with Gasteiger partial charge in [0, 0.05) is 109 Å². The Labute approximate surface area is 449 Å². The quantitative estimate of drug-likeness (QED) is 0.0816. The first-order valence-electron chi connectivity index (χ1n) is 29.0. The van der Waals surface area contributed by atoms with E-state index in [2.05, 4.69) is 57.1 Å². The van der Waals surface area contributed by atoms with Gasteiger partial charge in [0.15, 0.2) is 0 Å². The van der Waals surface area contributed by atoms with Crippen molar-refractivity contribution >= 4 is 45.8 Å². The second-order valence-corrected chi connectivity index (χ2v) is 23.4. The number of piperidine rings is 2. The number of aryl methyl sites for hydroxylation is 4. The van der Waals surface area contributed by atoms with Gasteiger partial charge in [0.25, 0.3) is 11.8 Å². The van der Waals surface area contributed by atoms with Gasteiger partial charge in [-0.05, 0) is 178 Å². The van der Waals surface area contributed by atoms with Gasteiger partial charge in [-0.2, -0.15) is 9.97 Å². The Balaban J connectivity index is 0.000000173. The van der Waals surface area contributed by atoms with E-state index in [1.807, 2.05) is 74.2 Å². The minimum atomic E-state index is -0.187. The number of nitrogens with one attached hydrogen (secondary N) is 2. The molecule has 4 N–H and O–H groups in total. The molecule has 76 heavy (non-hydrogen) atoms. The lowest BCUT2D eigenvalue weighted by atomic mass is 9.89. The first-order valence-corrected chi connectivity index (χ1v) is 29.0. The van der Waals surface area contributed by atoms with E-state index in [9.17, 15) is 19.8 Å². The van der Waals surface area contributed by atoms with Crippen LogP contribution in [0.4, 0.5) is 11.9 Å². The molecule has 0 unspecified atom stereocenters. The highest BCUT2D eigenvalue weighted by Crippen LogP contribution is 2.41. The summed E-state index contributed by atoms with van der Waals surface area (Å²) in [6.45, 7) is 16.3. The summed E-state index contributed by atoms with van der Waals surface area (Å²) in [5, 5.41) is 29.4. The number of rotatable bonds is 14. The largest absolute Gasteiger partial charge is 0.393 e. The van der Waals surface area contributed by atoms with Crippen LogP contribution < -0.4 is 10.6 Å².